The van der Waals surface area contributed by atoms with Crippen molar-refractivity contribution in [2.24, 2.45) is 0 Å². The molecule has 84 valence electrons. The molecule has 1 heterocycles. The minimum Gasteiger partial charge on any atom is -0.309 e. The Morgan fingerprint density at radius 1 is 1.19 bits per heavy atom. The number of rotatable bonds is 3. The summed E-state index contributed by atoms with van der Waals surface area (Å²) < 4.78 is 0. The molecule has 16 heavy (non-hydrogen) atoms. The molecule has 0 aliphatic heterocycles. The van der Waals surface area contributed by atoms with Crippen molar-refractivity contribution in [3.05, 3.63) is 52.8 Å². The van der Waals surface area contributed by atoms with Crippen LogP contribution in [0.25, 0.3) is 0 Å². The van der Waals surface area contributed by atoms with Gasteiger partial charge in [-0.15, -0.1) is 0 Å². The second kappa shape index (κ2) is 4.49. The van der Waals surface area contributed by atoms with Crippen molar-refractivity contribution in [3.8, 4) is 0 Å². The minimum atomic E-state index is 0.207. The van der Waals surface area contributed by atoms with Gasteiger partial charge in [0.15, 0.2) is 0 Å². The van der Waals surface area contributed by atoms with Crippen molar-refractivity contribution in [3.63, 3.8) is 0 Å². The number of hydrogen-bond donors (Lipinski definition) is 2. The lowest BCUT2D eigenvalue weighted by atomic mass is 9.98. The Bertz CT molecular complexity index is 460. The van der Waals surface area contributed by atoms with Gasteiger partial charge in [0, 0.05) is 11.8 Å². The lowest BCUT2D eigenvalue weighted by Crippen LogP contribution is -2.17. The molecule has 0 aliphatic rings. The molecule has 0 fully saturated rings. The second-order valence-corrected chi connectivity index (χ2v) is 4.10. The van der Waals surface area contributed by atoms with Crippen LogP contribution in [0.15, 0.2) is 30.6 Å². The van der Waals surface area contributed by atoms with Gasteiger partial charge in [-0.05, 0) is 37.6 Å². The first-order chi connectivity index (χ1) is 7.72. The fourth-order valence-corrected chi connectivity index (χ4v) is 1.89. The number of hydrogen-bond acceptors (Lipinski definition) is 2. The normalized spacial score (nSPS) is 12.7. The smallest absolute Gasteiger partial charge is 0.0605 e. The Hall–Kier alpha value is -1.61. The number of nitrogens with zero attached hydrogens (tertiary/aromatic N) is 1. The van der Waals surface area contributed by atoms with Gasteiger partial charge in [-0.1, -0.05) is 18.2 Å². The molecule has 0 amide bonds. The van der Waals surface area contributed by atoms with Crippen LogP contribution in [-0.2, 0) is 0 Å². The molecule has 0 aliphatic carbocycles. The molecular weight excluding hydrogens is 198 g/mol. The van der Waals surface area contributed by atoms with Crippen LogP contribution in [0.4, 0.5) is 0 Å². The maximum atomic E-state index is 3.99. The van der Waals surface area contributed by atoms with Gasteiger partial charge >= 0.3 is 0 Å². The summed E-state index contributed by atoms with van der Waals surface area (Å²) >= 11 is 0. The molecule has 3 heteroatoms. The molecule has 2 rings (SSSR count). The molecule has 3 nitrogen and oxygen atoms in total. The molecule has 1 aromatic carbocycles. The standard InChI is InChI=1S/C13H17N3/c1-9-4-5-11(6-10(9)2)13(14-3)12-7-15-16-8-12/h4-8,13-14H,1-3H3,(H,15,16). The summed E-state index contributed by atoms with van der Waals surface area (Å²) in [5.41, 5.74) is 5.07. The Labute approximate surface area is 95.9 Å². The largest absolute Gasteiger partial charge is 0.309 e. The number of H-pyrrole nitrogens is 1. The number of benzene rings is 1. The van der Waals surface area contributed by atoms with E-state index in [0.29, 0.717) is 0 Å². The Morgan fingerprint density at radius 3 is 2.56 bits per heavy atom. The lowest BCUT2D eigenvalue weighted by Gasteiger charge is -2.16. The van der Waals surface area contributed by atoms with E-state index in [4.69, 9.17) is 0 Å². The predicted octanol–water partition coefficient (Wildman–Crippen LogP) is 2.34. The topological polar surface area (TPSA) is 40.7 Å². The lowest BCUT2D eigenvalue weighted by molar-refractivity contribution is 0.691. The molecule has 2 N–H and O–H groups in total. The van der Waals surface area contributed by atoms with E-state index in [1.165, 1.54) is 16.7 Å². The molecule has 0 spiro atoms. The average molecular weight is 215 g/mol. The molecule has 2 aromatic rings. The Kier molecular flexibility index (Phi) is 3.06. The van der Waals surface area contributed by atoms with Crippen LogP contribution in [-0.4, -0.2) is 17.2 Å². The van der Waals surface area contributed by atoms with E-state index in [2.05, 4.69) is 47.6 Å². The highest BCUT2D eigenvalue weighted by Gasteiger charge is 2.12. The Morgan fingerprint density at radius 2 is 2.00 bits per heavy atom. The fraction of sp³-hybridized carbons (Fsp3) is 0.308. The van der Waals surface area contributed by atoms with Crippen LogP contribution < -0.4 is 5.32 Å². The summed E-state index contributed by atoms with van der Waals surface area (Å²) in [4.78, 5) is 0. The summed E-state index contributed by atoms with van der Waals surface area (Å²) in [5.74, 6) is 0. The molecule has 0 bridgehead atoms. The van der Waals surface area contributed by atoms with Crippen LogP contribution in [0.2, 0.25) is 0 Å². The van der Waals surface area contributed by atoms with Gasteiger partial charge in [0.1, 0.15) is 0 Å². The number of aryl methyl sites for hydroxylation is 2. The van der Waals surface area contributed by atoms with Crippen LogP contribution in [0.5, 0.6) is 0 Å². The van der Waals surface area contributed by atoms with Crippen molar-refractivity contribution in [1.82, 2.24) is 15.5 Å². The molecule has 0 saturated heterocycles. The summed E-state index contributed by atoms with van der Waals surface area (Å²) in [5, 5.41) is 10.1. The van der Waals surface area contributed by atoms with E-state index in [-0.39, 0.29) is 6.04 Å². The summed E-state index contributed by atoms with van der Waals surface area (Å²) in [6.07, 6.45) is 3.78. The summed E-state index contributed by atoms with van der Waals surface area (Å²) in [6, 6.07) is 6.76. The first kappa shape index (κ1) is 10.9. The predicted molar refractivity (Wildman–Crippen MR) is 65.4 cm³/mol. The third-order valence-corrected chi connectivity index (χ3v) is 3.01. The minimum absolute atomic E-state index is 0.207. The highest BCUT2D eigenvalue weighted by Crippen LogP contribution is 2.22. The van der Waals surface area contributed by atoms with Gasteiger partial charge in [-0.2, -0.15) is 5.10 Å². The molecule has 0 saturated carbocycles. The summed E-state index contributed by atoms with van der Waals surface area (Å²) in [7, 11) is 1.97. The first-order valence-corrected chi connectivity index (χ1v) is 5.45. The highest BCUT2D eigenvalue weighted by molar-refractivity contribution is 5.35. The highest BCUT2D eigenvalue weighted by atomic mass is 15.1. The van der Waals surface area contributed by atoms with Gasteiger partial charge in [-0.25, -0.2) is 0 Å². The van der Waals surface area contributed by atoms with E-state index in [9.17, 15) is 0 Å². The zero-order valence-corrected chi connectivity index (χ0v) is 9.91. The van der Waals surface area contributed by atoms with Gasteiger partial charge in [0.2, 0.25) is 0 Å². The zero-order valence-electron chi connectivity index (χ0n) is 9.91. The number of aromatic nitrogens is 2. The zero-order chi connectivity index (χ0) is 11.5. The van der Waals surface area contributed by atoms with Gasteiger partial charge in [-0.3, -0.25) is 5.10 Å². The van der Waals surface area contributed by atoms with Crippen molar-refractivity contribution in [2.45, 2.75) is 19.9 Å². The molecule has 0 radical (unpaired) electrons. The number of nitrogens with one attached hydrogen (secondary N) is 2. The van der Waals surface area contributed by atoms with Crippen LogP contribution in [0.3, 0.4) is 0 Å². The third kappa shape index (κ3) is 1.99. The van der Waals surface area contributed by atoms with Crippen LogP contribution in [0.1, 0.15) is 28.3 Å². The second-order valence-electron chi connectivity index (χ2n) is 4.10. The molecule has 1 atom stereocenters. The van der Waals surface area contributed by atoms with Gasteiger partial charge in [0.05, 0.1) is 12.2 Å². The third-order valence-electron chi connectivity index (χ3n) is 3.01. The van der Waals surface area contributed by atoms with Crippen LogP contribution >= 0.6 is 0 Å². The molecule has 1 aromatic heterocycles. The van der Waals surface area contributed by atoms with Crippen molar-refractivity contribution in [1.29, 1.82) is 0 Å². The van der Waals surface area contributed by atoms with E-state index in [1.54, 1.807) is 0 Å². The SMILES string of the molecule is CNC(c1cn[nH]c1)c1ccc(C)c(C)c1. The number of aromatic amines is 1. The monoisotopic (exact) mass is 215 g/mol. The first-order valence-electron chi connectivity index (χ1n) is 5.45. The maximum Gasteiger partial charge on any atom is 0.0605 e. The quantitative estimate of drug-likeness (QED) is 0.825. The van der Waals surface area contributed by atoms with Crippen molar-refractivity contribution >= 4 is 0 Å². The molecular formula is C13H17N3. The fourth-order valence-electron chi connectivity index (χ4n) is 1.89. The van der Waals surface area contributed by atoms with Crippen molar-refractivity contribution in [2.75, 3.05) is 7.05 Å². The van der Waals surface area contributed by atoms with Crippen molar-refractivity contribution < 1.29 is 0 Å². The van der Waals surface area contributed by atoms with Crippen LogP contribution in [0, 0.1) is 13.8 Å². The van der Waals surface area contributed by atoms with E-state index >= 15 is 0 Å². The molecule has 1 unspecified atom stereocenters. The summed E-state index contributed by atoms with van der Waals surface area (Å²) in [6.45, 7) is 4.27. The Balaban J connectivity index is 2.37. The van der Waals surface area contributed by atoms with Gasteiger partial charge in [0.25, 0.3) is 0 Å². The maximum absolute atomic E-state index is 3.99. The van der Waals surface area contributed by atoms with E-state index < -0.39 is 0 Å². The van der Waals surface area contributed by atoms with Gasteiger partial charge < -0.3 is 5.32 Å². The van der Waals surface area contributed by atoms with E-state index in [0.717, 1.165) is 5.56 Å². The average Bonchev–Trinajstić information content (AvgIpc) is 2.78. The van der Waals surface area contributed by atoms with E-state index in [1.807, 2.05) is 19.4 Å².